The largest absolute Gasteiger partial charge is 0.476 e. The van der Waals surface area contributed by atoms with Gasteiger partial charge in [0.05, 0.1) is 37.1 Å². The van der Waals surface area contributed by atoms with Crippen molar-refractivity contribution in [1.82, 2.24) is 14.7 Å². The van der Waals surface area contributed by atoms with Gasteiger partial charge in [-0.15, -0.1) is 5.10 Å². The van der Waals surface area contributed by atoms with Crippen molar-refractivity contribution in [1.29, 1.82) is 0 Å². The zero-order valence-electron chi connectivity index (χ0n) is 12.1. The molecule has 0 unspecified atom stereocenters. The summed E-state index contributed by atoms with van der Waals surface area (Å²) in [4.78, 5) is 13.8. The highest BCUT2D eigenvalue weighted by molar-refractivity contribution is 5.84. The van der Waals surface area contributed by atoms with Crippen LogP contribution in [0.25, 0.3) is 10.9 Å². The molecule has 21 heavy (non-hydrogen) atoms. The van der Waals surface area contributed by atoms with Crippen molar-refractivity contribution in [2.75, 3.05) is 32.9 Å². The molecule has 1 amide bonds. The number of morpholine rings is 1. The van der Waals surface area contributed by atoms with Crippen molar-refractivity contribution in [3.05, 3.63) is 24.3 Å². The third-order valence-corrected chi connectivity index (χ3v) is 3.64. The summed E-state index contributed by atoms with van der Waals surface area (Å²) >= 11 is 0. The number of ether oxygens (including phenoxy) is 2. The smallest absolute Gasteiger partial charge is 0.240 e. The Morgan fingerprint density at radius 3 is 2.90 bits per heavy atom. The summed E-state index contributed by atoms with van der Waals surface area (Å²) in [7, 11) is 1.88. The number of carbonyl (C=O) groups is 1. The molecule has 0 atom stereocenters. The fraction of sp³-hybridized carbons (Fsp3) is 0.467. The van der Waals surface area contributed by atoms with Gasteiger partial charge in [0.2, 0.25) is 11.8 Å². The van der Waals surface area contributed by atoms with Crippen molar-refractivity contribution in [3.63, 3.8) is 0 Å². The summed E-state index contributed by atoms with van der Waals surface area (Å²) in [5.41, 5.74) is 1.02. The maximum atomic E-state index is 12.0. The first kappa shape index (κ1) is 13.9. The number of fused-ring (bicyclic) bond motifs is 1. The van der Waals surface area contributed by atoms with Gasteiger partial charge in [-0.3, -0.25) is 9.48 Å². The molecule has 0 aliphatic carbocycles. The molecule has 2 heterocycles. The molecule has 6 nitrogen and oxygen atoms in total. The Kier molecular flexibility index (Phi) is 4.06. The Morgan fingerprint density at radius 2 is 2.10 bits per heavy atom. The number of benzene rings is 1. The molecule has 112 valence electrons. The number of rotatable bonds is 4. The summed E-state index contributed by atoms with van der Waals surface area (Å²) in [6.45, 7) is 2.93. The molecular formula is C15H19N3O3. The molecule has 1 fully saturated rings. The van der Waals surface area contributed by atoms with E-state index >= 15 is 0 Å². The second kappa shape index (κ2) is 6.13. The highest BCUT2D eigenvalue weighted by Crippen LogP contribution is 2.23. The van der Waals surface area contributed by atoms with Crippen LogP contribution in [0.5, 0.6) is 5.88 Å². The van der Waals surface area contributed by atoms with Crippen LogP contribution in [0.4, 0.5) is 0 Å². The van der Waals surface area contributed by atoms with Crippen molar-refractivity contribution < 1.29 is 14.3 Å². The predicted molar refractivity (Wildman–Crippen MR) is 78.2 cm³/mol. The van der Waals surface area contributed by atoms with Gasteiger partial charge < -0.3 is 14.4 Å². The van der Waals surface area contributed by atoms with Gasteiger partial charge in [-0.25, -0.2) is 0 Å². The Balaban J connectivity index is 1.58. The predicted octanol–water partition coefficient (Wildman–Crippen LogP) is 1.20. The first-order valence-corrected chi connectivity index (χ1v) is 7.16. The van der Waals surface area contributed by atoms with Gasteiger partial charge in [0.15, 0.2) is 0 Å². The maximum absolute atomic E-state index is 12.0. The molecule has 6 heteroatoms. The lowest BCUT2D eigenvalue weighted by molar-refractivity contribution is -0.135. The number of para-hydroxylation sites is 1. The number of hydrogen-bond donors (Lipinski definition) is 0. The quantitative estimate of drug-likeness (QED) is 0.848. The first-order chi connectivity index (χ1) is 10.3. The molecule has 1 aromatic carbocycles. The van der Waals surface area contributed by atoms with E-state index in [4.69, 9.17) is 9.47 Å². The average molecular weight is 289 g/mol. The van der Waals surface area contributed by atoms with Crippen LogP contribution in [0, 0.1) is 0 Å². The number of amides is 1. The lowest BCUT2D eigenvalue weighted by Gasteiger charge is -2.26. The molecule has 0 spiro atoms. The van der Waals surface area contributed by atoms with Gasteiger partial charge in [0, 0.05) is 20.1 Å². The minimum absolute atomic E-state index is 0.110. The maximum Gasteiger partial charge on any atom is 0.240 e. The molecule has 0 bridgehead atoms. The zero-order chi connectivity index (χ0) is 14.7. The Hall–Kier alpha value is -2.08. The Labute approximate surface area is 123 Å². The van der Waals surface area contributed by atoms with Crippen molar-refractivity contribution in [2.24, 2.45) is 7.05 Å². The van der Waals surface area contributed by atoms with Gasteiger partial charge >= 0.3 is 0 Å². The van der Waals surface area contributed by atoms with Crippen LogP contribution in [0.15, 0.2) is 24.3 Å². The van der Waals surface area contributed by atoms with Gasteiger partial charge in [-0.05, 0) is 12.1 Å². The van der Waals surface area contributed by atoms with E-state index in [2.05, 4.69) is 5.10 Å². The van der Waals surface area contributed by atoms with Crippen molar-refractivity contribution in [2.45, 2.75) is 6.42 Å². The van der Waals surface area contributed by atoms with Crippen LogP contribution < -0.4 is 4.74 Å². The van der Waals surface area contributed by atoms with Crippen LogP contribution >= 0.6 is 0 Å². The molecule has 0 radical (unpaired) electrons. The number of hydrogen-bond acceptors (Lipinski definition) is 4. The fourth-order valence-electron chi connectivity index (χ4n) is 2.49. The monoisotopic (exact) mass is 289 g/mol. The standard InChI is InChI=1S/C15H19N3O3/c1-17-13-5-3-2-4-12(13)15(16-17)21-9-6-14(19)18-7-10-20-11-8-18/h2-5H,6-11H2,1H3. The summed E-state index contributed by atoms with van der Waals surface area (Å²) in [6.07, 6.45) is 0.366. The van der Waals surface area contributed by atoms with Crippen LogP contribution in [0.1, 0.15) is 6.42 Å². The van der Waals surface area contributed by atoms with E-state index in [0.29, 0.717) is 45.2 Å². The van der Waals surface area contributed by atoms with Crippen molar-refractivity contribution >= 4 is 16.8 Å². The third kappa shape index (κ3) is 3.00. The molecule has 0 N–H and O–H groups in total. The first-order valence-electron chi connectivity index (χ1n) is 7.16. The van der Waals surface area contributed by atoms with E-state index in [1.807, 2.05) is 36.2 Å². The van der Waals surface area contributed by atoms with Gasteiger partial charge in [0.1, 0.15) is 0 Å². The topological polar surface area (TPSA) is 56.6 Å². The second-order valence-electron chi connectivity index (χ2n) is 5.04. The van der Waals surface area contributed by atoms with Crippen molar-refractivity contribution in [3.8, 4) is 5.88 Å². The minimum Gasteiger partial charge on any atom is -0.476 e. The van der Waals surface area contributed by atoms with Crippen LogP contribution in [-0.4, -0.2) is 53.5 Å². The summed E-state index contributed by atoms with van der Waals surface area (Å²) < 4.78 is 12.7. The highest BCUT2D eigenvalue weighted by atomic mass is 16.5. The molecule has 3 rings (SSSR count). The van der Waals surface area contributed by atoms with Gasteiger partial charge in [-0.1, -0.05) is 12.1 Å². The van der Waals surface area contributed by atoms with Gasteiger partial charge in [-0.2, -0.15) is 0 Å². The number of aryl methyl sites for hydroxylation is 1. The van der Waals surface area contributed by atoms with Crippen LogP contribution in [0.3, 0.4) is 0 Å². The minimum atomic E-state index is 0.110. The molecule has 2 aromatic rings. The van der Waals surface area contributed by atoms with E-state index in [0.717, 1.165) is 10.9 Å². The Bertz CT molecular complexity index is 632. The summed E-state index contributed by atoms with van der Waals surface area (Å²) in [6, 6.07) is 7.89. The van der Waals surface area contributed by atoms with E-state index in [1.165, 1.54) is 0 Å². The fourth-order valence-corrected chi connectivity index (χ4v) is 2.49. The molecule has 1 aliphatic rings. The molecule has 1 saturated heterocycles. The van der Waals surface area contributed by atoms with Crippen LogP contribution in [-0.2, 0) is 16.6 Å². The molecule has 1 aliphatic heterocycles. The normalized spacial score (nSPS) is 15.4. The number of nitrogens with zero attached hydrogens (tertiary/aromatic N) is 3. The SMILES string of the molecule is Cn1nc(OCCC(=O)N2CCOCC2)c2ccccc21. The molecule has 1 aromatic heterocycles. The van der Waals surface area contributed by atoms with E-state index in [9.17, 15) is 4.79 Å². The van der Waals surface area contributed by atoms with E-state index < -0.39 is 0 Å². The summed E-state index contributed by atoms with van der Waals surface area (Å²) in [5, 5.41) is 5.32. The van der Waals surface area contributed by atoms with E-state index in [-0.39, 0.29) is 5.91 Å². The lowest BCUT2D eigenvalue weighted by atomic mass is 10.2. The lowest BCUT2D eigenvalue weighted by Crippen LogP contribution is -2.41. The van der Waals surface area contributed by atoms with Crippen LogP contribution in [0.2, 0.25) is 0 Å². The number of aromatic nitrogens is 2. The summed E-state index contributed by atoms with van der Waals surface area (Å²) in [5.74, 6) is 0.696. The Morgan fingerprint density at radius 1 is 1.33 bits per heavy atom. The zero-order valence-corrected chi connectivity index (χ0v) is 12.1. The molecule has 0 saturated carbocycles. The average Bonchev–Trinajstić information content (AvgIpc) is 2.85. The second-order valence-corrected chi connectivity index (χ2v) is 5.04. The number of carbonyl (C=O) groups excluding carboxylic acids is 1. The highest BCUT2D eigenvalue weighted by Gasteiger charge is 2.17. The van der Waals surface area contributed by atoms with Gasteiger partial charge in [0.25, 0.3) is 0 Å². The molecular weight excluding hydrogens is 270 g/mol. The third-order valence-electron chi connectivity index (χ3n) is 3.64. The van der Waals surface area contributed by atoms with E-state index in [1.54, 1.807) is 4.68 Å².